The number of halogens is 1. The summed E-state index contributed by atoms with van der Waals surface area (Å²) in [6, 6.07) is 0. The molecule has 1 aromatic heterocycles. The van der Waals surface area contributed by atoms with Crippen molar-refractivity contribution in [2.45, 2.75) is 13.5 Å². The van der Waals surface area contributed by atoms with Crippen LogP contribution >= 0.6 is 15.9 Å². The van der Waals surface area contributed by atoms with Gasteiger partial charge in [-0.2, -0.15) is 9.90 Å². The first-order valence-electron chi connectivity index (χ1n) is 3.39. The molecular weight excluding hydrogens is 224 g/mol. The predicted molar refractivity (Wildman–Crippen MR) is 46.2 cm³/mol. The molecule has 6 heteroatoms. The van der Waals surface area contributed by atoms with E-state index in [0.717, 1.165) is 5.69 Å². The van der Waals surface area contributed by atoms with Crippen LogP contribution in [-0.4, -0.2) is 20.9 Å². The van der Waals surface area contributed by atoms with Crippen molar-refractivity contribution in [2.75, 3.05) is 0 Å². The van der Waals surface area contributed by atoms with Crippen molar-refractivity contribution >= 4 is 21.8 Å². The Morgan fingerprint density at radius 2 is 2.33 bits per heavy atom. The van der Waals surface area contributed by atoms with Crippen LogP contribution in [-0.2, 0) is 18.4 Å². The molecule has 0 saturated heterocycles. The van der Waals surface area contributed by atoms with Crippen LogP contribution in [0.5, 0.6) is 0 Å². The number of carbonyl (C=O) groups is 1. The fraction of sp³-hybridized carbons (Fsp3) is 0.500. The van der Waals surface area contributed by atoms with Crippen LogP contribution in [0.1, 0.15) is 12.6 Å². The van der Waals surface area contributed by atoms with Crippen LogP contribution in [0.15, 0.2) is 4.60 Å². The van der Waals surface area contributed by atoms with E-state index in [1.165, 1.54) is 11.7 Å². The van der Waals surface area contributed by atoms with E-state index in [9.17, 15) is 4.79 Å². The average Bonchev–Trinajstić information content (AvgIpc) is 2.26. The molecule has 0 fully saturated rings. The summed E-state index contributed by atoms with van der Waals surface area (Å²) >= 11 is 3.22. The predicted octanol–water partition coefficient (Wildman–Crippen LogP) is 0.214. The van der Waals surface area contributed by atoms with E-state index in [-0.39, 0.29) is 5.91 Å². The first-order valence-corrected chi connectivity index (χ1v) is 4.19. The molecule has 1 N–H and O–H groups in total. The van der Waals surface area contributed by atoms with Crippen molar-refractivity contribution in [1.82, 2.24) is 20.3 Å². The number of carbonyl (C=O) groups excluding carboxylic acids is 1. The molecule has 0 aliphatic carbocycles. The van der Waals surface area contributed by atoms with Gasteiger partial charge < -0.3 is 5.32 Å². The lowest BCUT2D eigenvalue weighted by molar-refractivity contribution is -0.119. The second kappa shape index (κ2) is 3.66. The molecule has 0 radical (unpaired) electrons. The van der Waals surface area contributed by atoms with Gasteiger partial charge in [-0.15, -0.1) is 5.10 Å². The third-order valence-electron chi connectivity index (χ3n) is 1.24. The molecular formula is C6H9BrN4O. The van der Waals surface area contributed by atoms with Gasteiger partial charge in [-0.25, -0.2) is 0 Å². The van der Waals surface area contributed by atoms with E-state index >= 15 is 0 Å². The number of nitrogens with one attached hydrogen (secondary N) is 1. The Balaban J connectivity index is 2.62. The van der Waals surface area contributed by atoms with Crippen LogP contribution in [0.2, 0.25) is 0 Å². The maximum absolute atomic E-state index is 10.6. The molecule has 0 aliphatic rings. The van der Waals surface area contributed by atoms with Gasteiger partial charge in [-0.3, -0.25) is 4.79 Å². The number of nitrogens with zero attached hydrogens (tertiary/aromatic N) is 3. The third kappa shape index (κ3) is 2.30. The summed E-state index contributed by atoms with van der Waals surface area (Å²) in [4.78, 5) is 12.0. The second-order valence-corrected chi connectivity index (χ2v) is 3.09. The van der Waals surface area contributed by atoms with Gasteiger partial charge >= 0.3 is 0 Å². The molecule has 12 heavy (non-hydrogen) atoms. The number of amides is 1. The number of hydrogen-bond acceptors (Lipinski definition) is 3. The summed E-state index contributed by atoms with van der Waals surface area (Å²) in [5.41, 5.74) is 0.729. The van der Waals surface area contributed by atoms with Gasteiger partial charge in [0.1, 0.15) is 5.69 Å². The largest absolute Gasteiger partial charge is 0.351 e. The Bertz CT molecular complexity index is 296. The minimum atomic E-state index is -0.0763. The van der Waals surface area contributed by atoms with E-state index < -0.39 is 0 Å². The zero-order chi connectivity index (χ0) is 9.14. The Morgan fingerprint density at radius 1 is 1.67 bits per heavy atom. The van der Waals surface area contributed by atoms with Gasteiger partial charge in [0.2, 0.25) is 5.91 Å². The van der Waals surface area contributed by atoms with E-state index in [2.05, 4.69) is 31.4 Å². The molecule has 1 rings (SSSR count). The van der Waals surface area contributed by atoms with Crippen molar-refractivity contribution in [3.8, 4) is 0 Å². The molecule has 0 bridgehead atoms. The summed E-state index contributed by atoms with van der Waals surface area (Å²) in [6.45, 7) is 1.87. The molecule has 0 aliphatic heterocycles. The van der Waals surface area contributed by atoms with Crippen molar-refractivity contribution in [2.24, 2.45) is 7.05 Å². The molecule has 1 amide bonds. The summed E-state index contributed by atoms with van der Waals surface area (Å²) in [5.74, 6) is -0.0763. The minimum Gasteiger partial charge on any atom is -0.351 e. The van der Waals surface area contributed by atoms with Crippen molar-refractivity contribution < 1.29 is 4.79 Å². The Hall–Kier alpha value is -0.910. The summed E-state index contributed by atoms with van der Waals surface area (Å²) in [6.07, 6.45) is 0. The zero-order valence-corrected chi connectivity index (χ0v) is 8.42. The van der Waals surface area contributed by atoms with Crippen LogP contribution in [0.3, 0.4) is 0 Å². The number of hydrogen-bond donors (Lipinski definition) is 1. The SMILES string of the molecule is CC(=O)NCc1nn(C)nc1Br. The Kier molecular flexibility index (Phi) is 2.80. The summed E-state index contributed by atoms with van der Waals surface area (Å²) in [5, 5.41) is 10.6. The van der Waals surface area contributed by atoms with Crippen molar-refractivity contribution in [3.05, 3.63) is 10.3 Å². The Labute approximate surface area is 78.3 Å². The molecule has 0 spiro atoms. The minimum absolute atomic E-state index is 0.0763. The van der Waals surface area contributed by atoms with E-state index in [0.29, 0.717) is 11.1 Å². The smallest absolute Gasteiger partial charge is 0.217 e. The number of rotatable bonds is 2. The van der Waals surface area contributed by atoms with Gasteiger partial charge in [0.25, 0.3) is 0 Å². The summed E-state index contributed by atoms with van der Waals surface area (Å²) < 4.78 is 0.666. The molecule has 0 unspecified atom stereocenters. The van der Waals surface area contributed by atoms with Gasteiger partial charge in [0.15, 0.2) is 4.60 Å². The quantitative estimate of drug-likeness (QED) is 0.794. The van der Waals surface area contributed by atoms with E-state index in [4.69, 9.17) is 0 Å². The van der Waals surface area contributed by atoms with Crippen molar-refractivity contribution in [3.63, 3.8) is 0 Å². The third-order valence-corrected chi connectivity index (χ3v) is 1.86. The zero-order valence-electron chi connectivity index (χ0n) is 6.83. The first-order chi connectivity index (χ1) is 5.59. The molecule has 0 aromatic carbocycles. The maximum Gasteiger partial charge on any atom is 0.217 e. The molecule has 0 atom stereocenters. The van der Waals surface area contributed by atoms with Crippen LogP contribution < -0.4 is 5.32 Å². The molecule has 0 saturated carbocycles. The van der Waals surface area contributed by atoms with E-state index in [1.54, 1.807) is 7.05 Å². The van der Waals surface area contributed by atoms with Gasteiger partial charge in [0.05, 0.1) is 6.54 Å². The van der Waals surface area contributed by atoms with Gasteiger partial charge in [-0.05, 0) is 15.9 Å². The lowest BCUT2D eigenvalue weighted by Crippen LogP contribution is -2.19. The standard InChI is InChI=1S/C6H9BrN4O/c1-4(12)8-3-5-6(7)10-11(2)9-5/h3H2,1-2H3,(H,8,12). The number of aromatic nitrogens is 3. The maximum atomic E-state index is 10.6. The molecule has 66 valence electrons. The highest BCUT2D eigenvalue weighted by Gasteiger charge is 2.05. The fourth-order valence-electron chi connectivity index (χ4n) is 0.740. The first kappa shape index (κ1) is 9.18. The topological polar surface area (TPSA) is 59.8 Å². The normalized spacial score (nSPS) is 9.92. The van der Waals surface area contributed by atoms with Crippen molar-refractivity contribution in [1.29, 1.82) is 0 Å². The molecule has 5 nitrogen and oxygen atoms in total. The lowest BCUT2D eigenvalue weighted by atomic mass is 10.5. The van der Waals surface area contributed by atoms with Crippen LogP contribution in [0.25, 0.3) is 0 Å². The monoisotopic (exact) mass is 232 g/mol. The van der Waals surface area contributed by atoms with Gasteiger partial charge in [0, 0.05) is 14.0 Å². The second-order valence-electron chi connectivity index (χ2n) is 2.34. The Morgan fingerprint density at radius 3 is 2.75 bits per heavy atom. The van der Waals surface area contributed by atoms with Crippen LogP contribution in [0.4, 0.5) is 0 Å². The molecule has 1 aromatic rings. The fourth-order valence-corrected chi connectivity index (χ4v) is 1.19. The summed E-state index contributed by atoms with van der Waals surface area (Å²) in [7, 11) is 1.72. The van der Waals surface area contributed by atoms with E-state index in [1.807, 2.05) is 0 Å². The highest BCUT2D eigenvalue weighted by atomic mass is 79.9. The highest BCUT2D eigenvalue weighted by molar-refractivity contribution is 9.10. The average molecular weight is 233 g/mol. The van der Waals surface area contributed by atoms with Crippen LogP contribution in [0, 0.1) is 0 Å². The van der Waals surface area contributed by atoms with Gasteiger partial charge in [-0.1, -0.05) is 0 Å². The lowest BCUT2D eigenvalue weighted by Gasteiger charge is -1.96. The number of aryl methyl sites for hydroxylation is 1. The highest BCUT2D eigenvalue weighted by Crippen LogP contribution is 2.09. The molecule has 1 heterocycles.